The second-order valence-corrected chi connectivity index (χ2v) is 13.1. The summed E-state index contributed by atoms with van der Waals surface area (Å²) in [5.41, 5.74) is 4.21. The predicted octanol–water partition coefficient (Wildman–Crippen LogP) is 4.15. The fraction of sp³-hybridized carbons (Fsp3) is 0.188. The van der Waals surface area contributed by atoms with E-state index in [1.165, 1.54) is 19.4 Å². The average molecular weight is 633 g/mol. The normalized spacial score (nSPS) is 15.1. The maximum atomic E-state index is 14.0. The van der Waals surface area contributed by atoms with E-state index < -0.39 is 0 Å². The molecule has 0 spiro atoms. The molecule has 5 aromatic rings. The van der Waals surface area contributed by atoms with Crippen LogP contribution in [0.3, 0.4) is 0 Å². The molecular weight excluding hydrogens is 603 g/mol. The Kier molecular flexibility index (Phi) is 7.56. The van der Waals surface area contributed by atoms with Crippen molar-refractivity contribution in [2.24, 2.45) is 0 Å². The number of rotatable bonds is 6. The summed E-state index contributed by atoms with van der Waals surface area (Å²) in [7, 11) is 0. The van der Waals surface area contributed by atoms with Gasteiger partial charge in [-0.3, -0.25) is 0 Å². The number of aromatic nitrogens is 3. The Morgan fingerprint density at radius 1 is 0.950 bits per heavy atom. The van der Waals surface area contributed by atoms with E-state index in [9.17, 15) is 4.79 Å². The van der Waals surface area contributed by atoms with Crippen LogP contribution in [0.4, 0.5) is 5.69 Å². The number of halogens is 1. The molecule has 40 heavy (non-hydrogen) atoms. The summed E-state index contributed by atoms with van der Waals surface area (Å²) in [4.78, 5) is 16.3. The third-order valence-corrected chi connectivity index (χ3v) is 10.9. The van der Waals surface area contributed by atoms with Gasteiger partial charge in [-0.1, -0.05) is 11.6 Å². The van der Waals surface area contributed by atoms with Crippen LogP contribution in [0.2, 0.25) is 5.02 Å². The first-order valence-electron chi connectivity index (χ1n) is 13.5. The van der Waals surface area contributed by atoms with Gasteiger partial charge in [0.2, 0.25) is 0 Å². The van der Waals surface area contributed by atoms with Gasteiger partial charge in [0.15, 0.2) is 0 Å². The van der Waals surface area contributed by atoms with Crippen LogP contribution < -0.4 is 30.3 Å². The molecule has 8 heteroatoms. The van der Waals surface area contributed by atoms with E-state index in [0.29, 0.717) is 11.9 Å². The van der Waals surface area contributed by atoms with Gasteiger partial charge in [0.05, 0.1) is 0 Å². The van der Waals surface area contributed by atoms with Crippen LogP contribution in [-0.2, 0) is 13.1 Å². The zero-order chi connectivity index (χ0) is 27.8. The van der Waals surface area contributed by atoms with Gasteiger partial charge in [-0.25, -0.2) is 0 Å². The molecule has 0 unspecified atom stereocenters. The Hall–Kier alpha value is -3.35. The summed E-state index contributed by atoms with van der Waals surface area (Å²) in [6.07, 6.45) is 6.32. The minimum absolute atomic E-state index is 0.00715. The fourth-order valence-corrected chi connectivity index (χ4v) is 8.97. The number of imidazole rings is 1. The molecule has 0 bridgehead atoms. The summed E-state index contributed by atoms with van der Waals surface area (Å²) < 4.78 is 10.0. The van der Waals surface area contributed by atoms with Crippen LogP contribution in [0.5, 0.6) is 0 Å². The molecule has 2 aromatic heterocycles. The van der Waals surface area contributed by atoms with E-state index in [0.717, 1.165) is 39.8 Å². The molecule has 3 heterocycles. The molecule has 0 radical (unpaired) electrons. The quantitative estimate of drug-likeness (QED) is 0.208. The van der Waals surface area contributed by atoms with Crippen LogP contribution in [0.25, 0.3) is 28.1 Å². The molecule has 0 fully saturated rings. The average Bonchev–Trinajstić information content (AvgIpc) is 3.60. The van der Waals surface area contributed by atoms with Gasteiger partial charge < -0.3 is 0 Å². The number of para-hydroxylation sites is 2. The molecule has 0 atom stereocenters. The van der Waals surface area contributed by atoms with Crippen LogP contribution in [0.1, 0.15) is 25.8 Å². The number of allylic oxidation sites excluding steroid dienone is 1. The topological polar surface area (TPSA) is 34.0 Å². The van der Waals surface area contributed by atoms with E-state index in [-0.39, 0.29) is 20.5 Å². The number of benzene rings is 3. The molecule has 0 N–H and O–H groups in total. The van der Waals surface area contributed by atoms with E-state index in [1.807, 2.05) is 47.9 Å². The van der Waals surface area contributed by atoms with Crippen LogP contribution in [0, 0.1) is 0 Å². The first-order chi connectivity index (χ1) is 19.5. The van der Waals surface area contributed by atoms with Crippen molar-refractivity contribution in [2.75, 3.05) is 11.4 Å². The number of aryl methyl sites for hydroxylation is 1. The molecular formula is C32H30ClN4OSSe+. The standard InChI is InChI=1S/C32H30ClN4OSSe/c1-4-34-26-20-22(33)16-18-27(26)39-30(34)21-29-36(6-3)32(38)25(37(29)23-12-8-7-9-13-23)17-19-31-35(5-2)24-14-10-11-15-28(24)40-31/h7-21H,4-6H2,1-3H3/q+1/b25-17+,31-19-. The number of anilines is 1. The van der Waals surface area contributed by atoms with E-state index in [2.05, 4.69) is 82.5 Å². The second kappa shape index (κ2) is 11.3. The number of fused-ring (bicyclic) bond motifs is 2. The Morgan fingerprint density at radius 3 is 2.48 bits per heavy atom. The number of thiazole rings is 1. The van der Waals surface area contributed by atoms with E-state index in [1.54, 1.807) is 11.3 Å². The second-order valence-electron chi connectivity index (χ2n) is 9.39. The molecule has 0 saturated carbocycles. The van der Waals surface area contributed by atoms with E-state index >= 15 is 0 Å². The zero-order valence-electron chi connectivity index (χ0n) is 22.7. The summed E-state index contributed by atoms with van der Waals surface area (Å²) in [6.45, 7) is 8.61. The van der Waals surface area contributed by atoms with Gasteiger partial charge in [0, 0.05) is 0 Å². The molecule has 0 saturated heterocycles. The Balaban J connectivity index is 1.62. The van der Waals surface area contributed by atoms with Crippen LogP contribution >= 0.6 is 22.9 Å². The summed E-state index contributed by atoms with van der Waals surface area (Å²) in [5.74, 6) is 0. The van der Waals surface area contributed by atoms with Crippen molar-refractivity contribution in [2.45, 2.75) is 33.9 Å². The zero-order valence-corrected chi connectivity index (χ0v) is 26.0. The maximum absolute atomic E-state index is 14.0. The van der Waals surface area contributed by atoms with Gasteiger partial charge in [-0.15, -0.1) is 0 Å². The van der Waals surface area contributed by atoms with Crippen molar-refractivity contribution in [1.29, 1.82) is 0 Å². The van der Waals surface area contributed by atoms with Crippen molar-refractivity contribution < 1.29 is 4.57 Å². The Bertz CT molecular complexity index is 1940. The molecule has 0 aliphatic carbocycles. The molecule has 202 valence electrons. The summed E-state index contributed by atoms with van der Waals surface area (Å²) >= 11 is 8.26. The minimum atomic E-state index is 0.00715. The number of hydrogen-bond acceptors (Lipinski definition) is 3. The third kappa shape index (κ3) is 4.67. The van der Waals surface area contributed by atoms with Crippen molar-refractivity contribution in [3.8, 4) is 5.69 Å². The van der Waals surface area contributed by atoms with Crippen molar-refractivity contribution >= 4 is 70.4 Å². The molecule has 0 amide bonds. The molecule has 1 aliphatic rings. The fourth-order valence-electron chi connectivity index (χ4n) is 5.30. The molecule has 3 aromatic carbocycles. The van der Waals surface area contributed by atoms with Gasteiger partial charge in [-0.05, 0) is 0 Å². The number of nitrogens with zero attached hydrogens (tertiary/aromatic N) is 4. The predicted molar refractivity (Wildman–Crippen MR) is 169 cm³/mol. The first kappa shape index (κ1) is 26.9. The Morgan fingerprint density at radius 2 is 1.73 bits per heavy atom. The van der Waals surface area contributed by atoms with E-state index in [4.69, 9.17) is 11.6 Å². The molecule has 5 nitrogen and oxygen atoms in total. The van der Waals surface area contributed by atoms with Crippen LogP contribution in [0.15, 0.2) is 88.3 Å². The third-order valence-electron chi connectivity index (χ3n) is 7.14. The molecule has 6 rings (SSSR count). The first-order valence-corrected chi connectivity index (χ1v) is 16.4. The molecule has 1 aliphatic heterocycles. The van der Waals surface area contributed by atoms with Gasteiger partial charge in [0.25, 0.3) is 0 Å². The van der Waals surface area contributed by atoms with Crippen LogP contribution in [-0.4, -0.2) is 30.6 Å². The summed E-state index contributed by atoms with van der Waals surface area (Å²) in [6, 6.07) is 24.8. The summed E-state index contributed by atoms with van der Waals surface area (Å²) in [5, 5.41) is 2.45. The number of hydrogen-bond donors (Lipinski definition) is 0. The monoisotopic (exact) mass is 633 g/mol. The van der Waals surface area contributed by atoms with Gasteiger partial charge >= 0.3 is 238 Å². The van der Waals surface area contributed by atoms with Gasteiger partial charge in [0.1, 0.15) is 0 Å². The SMILES string of the molecule is CCN1/C(=C/C=c2\c(=O)n(CC)/c(=C\c3sc4ccc(Cl)cc4[n+]3CC)n2-c2ccccc2)[Se]c2ccccc21. The Labute approximate surface area is 248 Å². The van der Waals surface area contributed by atoms with Gasteiger partial charge in [-0.2, -0.15) is 0 Å². The van der Waals surface area contributed by atoms with Crippen molar-refractivity contribution in [1.82, 2.24) is 9.13 Å². The van der Waals surface area contributed by atoms with Crippen molar-refractivity contribution in [3.05, 3.63) is 115 Å². The van der Waals surface area contributed by atoms with Crippen molar-refractivity contribution in [3.63, 3.8) is 0 Å².